The molecule has 19 heavy (non-hydrogen) atoms. The van der Waals surface area contributed by atoms with E-state index in [1.165, 1.54) is 12.3 Å². The Labute approximate surface area is 110 Å². The first-order valence-electron chi connectivity index (χ1n) is 5.64. The van der Waals surface area contributed by atoms with Crippen molar-refractivity contribution in [1.29, 1.82) is 0 Å². The van der Waals surface area contributed by atoms with Crippen molar-refractivity contribution in [3.05, 3.63) is 53.9 Å². The lowest BCUT2D eigenvalue weighted by Crippen LogP contribution is -2.01. The van der Waals surface area contributed by atoms with E-state index in [4.69, 9.17) is 14.6 Å². The quantitative estimate of drug-likeness (QED) is 0.892. The molecule has 1 heterocycles. The van der Waals surface area contributed by atoms with Crippen molar-refractivity contribution in [3.63, 3.8) is 0 Å². The minimum Gasteiger partial charge on any atom is -0.497 e. The molecule has 1 aromatic carbocycles. The Bertz CT molecular complexity index is 566. The van der Waals surface area contributed by atoms with E-state index in [1.807, 2.05) is 24.3 Å². The van der Waals surface area contributed by atoms with Crippen molar-refractivity contribution in [3.8, 4) is 11.5 Å². The van der Waals surface area contributed by atoms with Crippen LogP contribution < -0.4 is 9.47 Å². The largest absolute Gasteiger partial charge is 0.497 e. The molecule has 5 heteroatoms. The molecule has 0 atom stereocenters. The molecular formula is C14H13NO4. The molecule has 0 fully saturated rings. The molecular weight excluding hydrogens is 246 g/mol. The van der Waals surface area contributed by atoms with E-state index < -0.39 is 5.97 Å². The molecule has 2 rings (SSSR count). The maximum Gasteiger partial charge on any atom is 0.354 e. The van der Waals surface area contributed by atoms with Crippen LogP contribution in [0.15, 0.2) is 42.6 Å². The van der Waals surface area contributed by atoms with E-state index in [0.717, 1.165) is 11.3 Å². The Balaban J connectivity index is 1.99. The number of methoxy groups -OCH3 is 1. The molecule has 5 nitrogen and oxygen atoms in total. The molecule has 0 unspecified atom stereocenters. The van der Waals surface area contributed by atoms with Gasteiger partial charge in [0.1, 0.15) is 23.8 Å². The predicted octanol–water partition coefficient (Wildman–Crippen LogP) is 2.37. The van der Waals surface area contributed by atoms with Gasteiger partial charge in [-0.3, -0.25) is 0 Å². The molecule has 1 N–H and O–H groups in total. The Kier molecular flexibility index (Phi) is 3.97. The minimum atomic E-state index is -1.06. The van der Waals surface area contributed by atoms with E-state index >= 15 is 0 Å². The summed E-state index contributed by atoms with van der Waals surface area (Å²) in [5.41, 5.74) is 0.954. The molecule has 1 aromatic heterocycles. The monoisotopic (exact) mass is 259 g/mol. The van der Waals surface area contributed by atoms with Gasteiger partial charge in [-0.1, -0.05) is 12.1 Å². The van der Waals surface area contributed by atoms with Crippen LogP contribution in [0, 0.1) is 0 Å². The van der Waals surface area contributed by atoms with Crippen LogP contribution in [0.2, 0.25) is 0 Å². The minimum absolute atomic E-state index is 0.00581. The second kappa shape index (κ2) is 5.86. The van der Waals surface area contributed by atoms with Crippen molar-refractivity contribution in [1.82, 2.24) is 4.98 Å². The van der Waals surface area contributed by atoms with Gasteiger partial charge in [-0.05, 0) is 29.8 Å². The number of carboxylic acid groups (broad SMARTS) is 1. The summed E-state index contributed by atoms with van der Waals surface area (Å²) in [6.07, 6.45) is 1.39. The molecule has 0 spiro atoms. The zero-order valence-corrected chi connectivity index (χ0v) is 10.4. The topological polar surface area (TPSA) is 68.7 Å². The third-order valence-corrected chi connectivity index (χ3v) is 2.50. The van der Waals surface area contributed by atoms with Crippen LogP contribution in [0.5, 0.6) is 11.5 Å². The second-order valence-electron chi connectivity index (χ2n) is 3.82. The molecule has 98 valence electrons. The summed E-state index contributed by atoms with van der Waals surface area (Å²) in [4.78, 5) is 14.4. The van der Waals surface area contributed by atoms with Gasteiger partial charge in [0.15, 0.2) is 0 Å². The van der Waals surface area contributed by atoms with Gasteiger partial charge in [0.05, 0.1) is 13.3 Å². The van der Waals surface area contributed by atoms with Crippen LogP contribution in [0.25, 0.3) is 0 Å². The number of benzene rings is 1. The van der Waals surface area contributed by atoms with Gasteiger partial charge >= 0.3 is 5.97 Å². The number of aromatic carboxylic acids is 1. The summed E-state index contributed by atoms with van der Waals surface area (Å²) in [6, 6.07) is 10.5. The second-order valence-corrected chi connectivity index (χ2v) is 3.82. The van der Waals surface area contributed by atoms with Crippen molar-refractivity contribution < 1.29 is 19.4 Å². The summed E-state index contributed by atoms with van der Waals surface area (Å²) in [5.74, 6) is 0.229. The van der Waals surface area contributed by atoms with Gasteiger partial charge in [-0.25, -0.2) is 9.78 Å². The summed E-state index contributed by atoms with van der Waals surface area (Å²) < 4.78 is 10.6. The molecule has 0 aliphatic rings. The summed E-state index contributed by atoms with van der Waals surface area (Å²) in [5, 5.41) is 8.72. The summed E-state index contributed by atoms with van der Waals surface area (Å²) >= 11 is 0. The molecule has 2 aromatic rings. The molecule has 0 bridgehead atoms. The van der Waals surface area contributed by atoms with Crippen molar-refractivity contribution >= 4 is 5.97 Å². The van der Waals surface area contributed by atoms with Crippen LogP contribution >= 0.6 is 0 Å². The van der Waals surface area contributed by atoms with Crippen LogP contribution in [0.3, 0.4) is 0 Å². The van der Waals surface area contributed by atoms with E-state index in [1.54, 1.807) is 13.2 Å². The molecule has 0 radical (unpaired) electrons. The van der Waals surface area contributed by atoms with Crippen molar-refractivity contribution in [2.24, 2.45) is 0 Å². The number of carbonyl (C=O) groups is 1. The van der Waals surface area contributed by atoms with Crippen LogP contribution in [-0.2, 0) is 6.61 Å². The SMILES string of the molecule is COc1cccc(COc2ccc(C(=O)O)nc2)c1. The van der Waals surface area contributed by atoms with Gasteiger partial charge in [-0.2, -0.15) is 0 Å². The Morgan fingerprint density at radius 1 is 1.26 bits per heavy atom. The first-order valence-corrected chi connectivity index (χ1v) is 5.64. The average Bonchev–Trinajstić information content (AvgIpc) is 2.46. The Hall–Kier alpha value is -2.56. The standard InChI is InChI=1S/C14H13NO4/c1-18-11-4-2-3-10(7-11)9-19-12-5-6-13(14(16)17)15-8-12/h2-8H,9H2,1H3,(H,16,17). The number of hydrogen-bond acceptors (Lipinski definition) is 4. The van der Waals surface area contributed by atoms with Gasteiger partial charge < -0.3 is 14.6 Å². The fourth-order valence-electron chi connectivity index (χ4n) is 1.52. The number of aromatic nitrogens is 1. The molecule has 0 saturated carbocycles. The van der Waals surface area contributed by atoms with Crippen LogP contribution in [0.4, 0.5) is 0 Å². The number of carboxylic acids is 1. The zero-order valence-electron chi connectivity index (χ0n) is 10.4. The number of ether oxygens (including phenoxy) is 2. The maximum atomic E-state index is 10.6. The third kappa shape index (κ3) is 3.45. The highest BCUT2D eigenvalue weighted by molar-refractivity contribution is 5.85. The molecule has 0 aliphatic heterocycles. The van der Waals surface area contributed by atoms with Crippen LogP contribution in [-0.4, -0.2) is 23.2 Å². The smallest absolute Gasteiger partial charge is 0.354 e. The average molecular weight is 259 g/mol. The van der Waals surface area contributed by atoms with E-state index in [2.05, 4.69) is 4.98 Å². The highest BCUT2D eigenvalue weighted by Gasteiger charge is 2.04. The molecule has 0 amide bonds. The van der Waals surface area contributed by atoms with E-state index in [0.29, 0.717) is 12.4 Å². The highest BCUT2D eigenvalue weighted by atomic mass is 16.5. The Morgan fingerprint density at radius 2 is 2.11 bits per heavy atom. The lowest BCUT2D eigenvalue weighted by atomic mass is 10.2. The van der Waals surface area contributed by atoms with E-state index in [9.17, 15) is 4.79 Å². The van der Waals surface area contributed by atoms with Crippen LogP contribution in [0.1, 0.15) is 16.1 Å². The lowest BCUT2D eigenvalue weighted by molar-refractivity contribution is 0.0690. The number of nitrogens with zero attached hydrogens (tertiary/aromatic N) is 1. The van der Waals surface area contributed by atoms with Gasteiger partial charge in [0, 0.05) is 0 Å². The lowest BCUT2D eigenvalue weighted by Gasteiger charge is -2.07. The first kappa shape index (κ1) is 12.9. The molecule has 0 aliphatic carbocycles. The fraction of sp³-hybridized carbons (Fsp3) is 0.143. The van der Waals surface area contributed by atoms with E-state index in [-0.39, 0.29) is 5.69 Å². The van der Waals surface area contributed by atoms with Gasteiger partial charge in [-0.15, -0.1) is 0 Å². The van der Waals surface area contributed by atoms with Gasteiger partial charge in [0.2, 0.25) is 0 Å². The number of rotatable bonds is 5. The van der Waals surface area contributed by atoms with Crippen molar-refractivity contribution in [2.75, 3.05) is 7.11 Å². The summed E-state index contributed by atoms with van der Waals surface area (Å²) in [7, 11) is 1.61. The maximum absolute atomic E-state index is 10.6. The molecule has 0 saturated heterocycles. The predicted molar refractivity (Wildman–Crippen MR) is 68.5 cm³/mol. The normalized spacial score (nSPS) is 9.95. The number of hydrogen-bond donors (Lipinski definition) is 1. The first-order chi connectivity index (χ1) is 9.19. The van der Waals surface area contributed by atoms with Gasteiger partial charge in [0.25, 0.3) is 0 Å². The van der Waals surface area contributed by atoms with Crippen molar-refractivity contribution in [2.45, 2.75) is 6.61 Å². The summed E-state index contributed by atoms with van der Waals surface area (Å²) in [6.45, 7) is 0.366. The Morgan fingerprint density at radius 3 is 2.74 bits per heavy atom. The number of pyridine rings is 1. The third-order valence-electron chi connectivity index (χ3n) is 2.50. The highest BCUT2D eigenvalue weighted by Crippen LogP contribution is 2.16. The fourth-order valence-corrected chi connectivity index (χ4v) is 1.52. The zero-order chi connectivity index (χ0) is 13.7.